The third kappa shape index (κ3) is 5.35. The second-order valence-corrected chi connectivity index (χ2v) is 9.27. The maximum atomic E-state index is 12.3. The Morgan fingerprint density at radius 2 is 2.04 bits per heavy atom. The highest BCUT2D eigenvalue weighted by Gasteiger charge is 2.18. The van der Waals surface area contributed by atoms with E-state index >= 15 is 0 Å². The summed E-state index contributed by atoms with van der Waals surface area (Å²) < 4.78 is 7.80. The predicted octanol–water partition coefficient (Wildman–Crippen LogP) is 3.76. The van der Waals surface area contributed by atoms with Crippen molar-refractivity contribution in [3.8, 4) is 0 Å². The summed E-state index contributed by atoms with van der Waals surface area (Å²) in [5.41, 5.74) is 2.47. The van der Waals surface area contributed by atoms with Crippen molar-refractivity contribution in [3.05, 3.63) is 23.0 Å². The fraction of sp³-hybridized carbons (Fsp3) is 0.579. The number of carbonyl (C=O) groups is 2. The Labute approximate surface area is 173 Å². The molecule has 2 aromatic heterocycles. The standard InChI is InChI=1S/C19H26N4O3S2/c1-12-9-15(13(2)23(12)3)16(24)10-26-17(25)11-27-19-22-21-18(28-19)20-14-7-5-4-6-8-14/h9,14H,4-8,10-11H2,1-3H3,(H,20,21). The van der Waals surface area contributed by atoms with E-state index in [-0.39, 0.29) is 18.1 Å². The highest BCUT2D eigenvalue weighted by atomic mass is 32.2. The minimum Gasteiger partial charge on any atom is -0.457 e. The van der Waals surface area contributed by atoms with Crippen LogP contribution in [0.25, 0.3) is 0 Å². The summed E-state index contributed by atoms with van der Waals surface area (Å²) in [6.07, 6.45) is 6.16. The molecule has 0 radical (unpaired) electrons. The molecule has 3 rings (SSSR count). The maximum Gasteiger partial charge on any atom is 0.316 e. The van der Waals surface area contributed by atoms with Crippen LogP contribution in [0.3, 0.4) is 0 Å². The Hall–Kier alpha value is -1.87. The SMILES string of the molecule is Cc1cc(C(=O)COC(=O)CSc2nnc(NC3CCCCC3)s2)c(C)n1C. The number of carbonyl (C=O) groups excluding carboxylic acids is 2. The van der Waals surface area contributed by atoms with Crippen LogP contribution in [-0.4, -0.2) is 44.9 Å². The molecule has 0 spiro atoms. The number of ketones is 1. The normalized spacial score (nSPS) is 14.8. The molecule has 2 aromatic rings. The molecule has 1 saturated carbocycles. The number of hydrogen-bond acceptors (Lipinski definition) is 8. The number of hydrogen-bond donors (Lipinski definition) is 1. The molecule has 0 amide bonds. The van der Waals surface area contributed by atoms with E-state index in [0.29, 0.717) is 11.6 Å². The molecule has 1 fully saturated rings. The fourth-order valence-corrected chi connectivity index (χ4v) is 4.90. The molecule has 0 aromatic carbocycles. The first-order valence-electron chi connectivity index (χ1n) is 9.48. The van der Waals surface area contributed by atoms with Crippen molar-refractivity contribution in [1.82, 2.24) is 14.8 Å². The lowest BCUT2D eigenvalue weighted by Gasteiger charge is -2.21. The van der Waals surface area contributed by atoms with Crippen molar-refractivity contribution >= 4 is 40.0 Å². The van der Waals surface area contributed by atoms with Gasteiger partial charge >= 0.3 is 5.97 Å². The topological polar surface area (TPSA) is 86.1 Å². The lowest BCUT2D eigenvalue weighted by Crippen LogP contribution is -2.21. The van der Waals surface area contributed by atoms with Gasteiger partial charge in [0.05, 0.1) is 5.75 Å². The molecule has 1 N–H and O–H groups in total. The van der Waals surface area contributed by atoms with Gasteiger partial charge in [-0.25, -0.2) is 0 Å². The van der Waals surface area contributed by atoms with Crippen molar-refractivity contribution in [2.24, 2.45) is 7.05 Å². The number of ether oxygens (including phenoxy) is 1. The van der Waals surface area contributed by atoms with Gasteiger partial charge in [0.15, 0.2) is 10.9 Å². The van der Waals surface area contributed by atoms with Crippen LogP contribution in [0.15, 0.2) is 10.4 Å². The van der Waals surface area contributed by atoms with Crippen LogP contribution >= 0.6 is 23.1 Å². The van der Waals surface area contributed by atoms with Crippen LogP contribution in [0.4, 0.5) is 5.13 Å². The van der Waals surface area contributed by atoms with Crippen LogP contribution in [0.5, 0.6) is 0 Å². The highest BCUT2D eigenvalue weighted by Crippen LogP contribution is 2.28. The summed E-state index contributed by atoms with van der Waals surface area (Å²) >= 11 is 2.73. The lowest BCUT2D eigenvalue weighted by atomic mass is 9.96. The first-order valence-corrected chi connectivity index (χ1v) is 11.3. The highest BCUT2D eigenvalue weighted by molar-refractivity contribution is 8.01. The smallest absolute Gasteiger partial charge is 0.316 e. The van der Waals surface area contributed by atoms with Crippen LogP contribution in [0.1, 0.15) is 53.8 Å². The molecule has 0 saturated heterocycles. The molecule has 0 unspecified atom stereocenters. The van der Waals surface area contributed by atoms with E-state index in [1.165, 1.54) is 55.2 Å². The Morgan fingerprint density at radius 1 is 1.29 bits per heavy atom. The van der Waals surface area contributed by atoms with Gasteiger partial charge in [0.25, 0.3) is 0 Å². The molecule has 152 valence electrons. The number of esters is 1. The average molecular weight is 423 g/mol. The Balaban J connectivity index is 1.41. The van der Waals surface area contributed by atoms with E-state index in [9.17, 15) is 9.59 Å². The molecular formula is C19H26N4O3S2. The van der Waals surface area contributed by atoms with E-state index in [2.05, 4.69) is 15.5 Å². The summed E-state index contributed by atoms with van der Waals surface area (Å²) in [5, 5.41) is 12.5. The van der Waals surface area contributed by atoms with E-state index in [0.717, 1.165) is 20.9 Å². The number of Topliss-reactive ketones (excluding diaryl/α,β-unsaturated/α-hetero) is 1. The zero-order chi connectivity index (χ0) is 20.1. The predicted molar refractivity (Wildman–Crippen MR) is 111 cm³/mol. The van der Waals surface area contributed by atoms with Crippen molar-refractivity contribution in [2.75, 3.05) is 17.7 Å². The molecule has 0 aliphatic heterocycles. The molecular weight excluding hydrogens is 396 g/mol. The molecule has 9 heteroatoms. The number of thioether (sulfide) groups is 1. The van der Waals surface area contributed by atoms with E-state index < -0.39 is 5.97 Å². The number of nitrogens with zero attached hydrogens (tertiary/aromatic N) is 3. The second-order valence-electron chi connectivity index (χ2n) is 7.07. The van der Waals surface area contributed by atoms with Gasteiger partial charge in [-0.2, -0.15) is 0 Å². The van der Waals surface area contributed by atoms with Gasteiger partial charge in [0, 0.05) is 30.0 Å². The van der Waals surface area contributed by atoms with Gasteiger partial charge < -0.3 is 14.6 Å². The zero-order valence-electron chi connectivity index (χ0n) is 16.5. The van der Waals surface area contributed by atoms with E-state index in [1.807, 2.05) is 31.5 Å². The molecule has 1 aliphatic rings. The average Bonchev–Trinajstić information content (AvgIpc) is 3.25. The van der Waals surface area contributed by atoms with Gasteiger partial charge in [-0.1, -0.05) is 42.4 Å². The summed E-state index contributed by atoms with van der Waals surface area (Å²) in [7, 11) is 1.91. The minimum absolute atomic E-state index is 0.109. The van der Waals surface area contributed by atoms with Crippen LogP contribution in [0.2, 0.25) is 0 Å². The van der Waals surface area contributed by atoms with E-state index in [4.69, 9.17) is 4.74 Å². The zero-order valence-corrected chi connectivity index (χ0v) is 18.1. The van der Waals surface area contributed by atoms with Gasteiger partial charge in [0.2, 0.25) is 10.9 Å². The van der Waals surface area contributed by atoms with Crippen molar-refractivity contribution in [1.29, 1.82) is 0 Å². The van der Waals surface area contributed by atoms with Crippen LogP contribution in [0, 0.1) is 13.8 Å². The molecule has 28 heavy (non-hydrogen) atoms. The van der Waals surface area contributed by atoms with Crippen LogP contribution in [-0.2, 0) is 16.6 Å². The Kier molecular flexibility index (Phi) is 7.12. The van der Waals surface area contributed by atoms with Crippen molar-refractivity contribution < 1.29 is 14.3 Å². The second kappa shape index (κ2) is 9.56. The largest absolute Gasteiger partial charge is 0.457 e. The Morgan fingerprint density at radius 3 is 2.71 bits per heavy atom. The fourth-order valence-electron chi connectivity index (χ4n) is 3.27. The number of aromatic nitrogens is 3. The molecule has 7 nitrogen and oxygen atoms in total. The summed E-state index contributed by atoms with van der Waals surface area (Å²) in [6.45, 7) is 3.58. The summed E-state index contributed by atoms with van der Waals surface area (Å²) in [6, 6.07) is 2.29. The number of anilines is 1. The van der Waals surface area contributed by atoms with Gasteiger partial charge in [-0.15, -0.1) is 10.2 Å². The maximum absolute atomic E-state index is 12.3. The minimum atomic E-state index is -0.430. The van der Waals surface area contributed by atoms with Crippen molar-refractivity contribution in [3.63, 3.8) is 0 Å². The third-order valence-electron chi connectivity index (χ3n) is 5.09. The number of aryl methyl sites for hydroxylation is 1. The number of rotatable bonds is 8. The summed E-state index contributed by atoms with van der Waals surface area (Å²) in [4.78, 5) is 24.2. The first-order chi connectivity index (χ1) is 13.4. The monoisotopic (exact) mass is 422 g/mol. The van der Waals surface area contributed by atoms with Gasteiger partial charge in [0.1, 0.15) is 0 Å². The molecule has 1 aliphatic carbocycles. The van der Waals surface area contributed by atoms with E-state index in [1.54, 1.807) is 0 Å². The molecule has 2 heterocycles. The number of nitrogens with one attached hydrogen (secondary N) is 1. The molecule has 0 atom stereocenters. The van der Waals surface area contributed by atoms with Gasteiger partial charge in [-0.05, 0) is 32.8 Å². The Bertz CT molecular complexity index is 840. The van der Waals surface area contributed by atoms with Crippen LogP contribution < -0.4 is 5.32 Å². The first kappa shape index (κ1) is 20.9. The van der Waals surface area contributed by atoms with Gasteiger partial charge in [-0.3, -0.25) is 9.59 Å². The summed E-state index contributed by atoms with van der Waals surface area (Å²) in [5.74, 6) is -0.506. The lowest BCUT2D eigenvalue weighted by molar-refractivity contribution is -0.139. The quantitative estimate of drug-likeness (QED) is 0.394. The third-order valence-corrected chi connectivity index (χ3v) is 7.05. The van der Waals surface area contributed by atoms with Crippen molar-refractivity contribution in [2.45, 2.75) is 56.3 Å². The molecule has 0 bridgehead atoms.